The number of rotatable bonds is 3. The van der Waals surface area contributed by atoms with Crippen molar-refractivity contribution in [1.82, 2.24) is 10.2 Å². The van der Waals surface area contributed by atoms with E-state index < -0.39 is 0 Å². The van der Waals surface area contributed by atoms with Crippen molar-refractivity contribution in [3.05, 3.63) is 11.8 Å². The topological polar surface area (TPSA) is 116 Å². The van der Waals surface area contributed by atoms with E-state index in [0.29, 0.717) is 11.4 Å². The highest BCUT2D eigenvalue weighted by molar-refractivity contribution is 6.05. The van der Waals surface area contributed by atoms with Crippen molar-refractivity contribution >= 4 is 17.6 Å². The molecule has 1 aromatic rings. The molecule has 0 saturated heterocycles. The first-order chi connectivity index (χ1) is 8.57. The molecule has 18 heavy (non-hydrogen) atoms. The van der Waals surface area contributed by atoms with Crippen LogP contribution in [0, 0.1) is 5.41 Å². The molecule has 1 aliphatic rings. The zero-order valence-corrected chi connectivity index (χ0v) is 10.2. The van der Waals surface area contributed by atoms with Gasteiger partial charge >= 0.3 is 0 Å². The van der Waals surface area contributed by atoms with Gasteiger partial charge in [-0.2, -0.15) is 5.10 Å². The second kappa shape index (κ2) is 4.67. The molecule has 0 aliphatic heterocycles. The van der Waals surface area contributed by atoms with Crippen LogP contribution >= 0.6 is 0 Å². The lowest BCUT2D eigenvalue weighted by molar-refractivity contribution is -0.124. The largest absolute Gasteiger partial charge is 0.409 e. The summed E-state index contributed by atoms with van der Waals surface area (Å²) in [5.74, 6) is 0.218. The monoisotopic (exact) mass is 251 g/mol. The van der Waals surface area contributed by atoms with Crippen LogP contribution in [0.15, 0.2) is 11.4 Å². The molecule has 1 amide bonds. The minimum Gasteiger partial charge on any atom is -0.409 e. The Labute approximate surface area is 104 Å². The Morgan fingerprint density at radius 2 is 2.28 bits per heavy atom. The summed E-state index contributed by atoms with van der Waals surface area (Å²) in [4.78, 5) is 12.2. The Bertz CT molecular complexity index is 474. The molecule has 0 radical (unpaired) electrons. The SMILES string of the molecule is CC1(C(=O)Nc2[nH]ncc2C(N)=NO)CCCC1. The Morgan fingerprint density at radius 3 is 2.89 bits per heavy atom. The van der Waals surface area contributed by atoms with E-state index in [1.807, 2.05) is 6.92 Å². The molecule has 0 bridgehead atoms. The number of nitrogens with one attached hydrogen (secondary N) is 2. The van der Waals surface area contributed by atoms with Gasteiger partial charge < -0.3 is 16.3 Å². The number of nitrogens with zero attached hydrogens (tertiary/aromatic N) is 2. The number of aromatic amines is 1. The maximum atomic E-state index is 12.2. The van der Waals surface area contributed by atoms with Crippen molar-refractivity contribution in [1.29, 1.82) is 0 Å². The van der Waals surface area contributed by atoms with Crippen molar-refractivity contribution < 1.29 is 10.0 Å². The van der Waals surface area contributed by atoms with Gasteiger partial charge in [0.15, 0.2) is 5.84 Å². The number of aromatic nitrogens is 2. The fraction of sp³-hybridized carbons (Fsp3) is 0.545. The van der Waals surface area contributed by atoms with E-state index in [2.05, 4.69) is 20.7 Å². The highest BCUT2D eigenvalue weighted by Crippen LogP contribution is 2.38. The number of nitrogens with two attached hydrogens (primary N) is 1. The average Bonchev–Trinajstić information content (AvgIpc) is 2.98. The third-order valence-electron chi connectivity index (χ3n) is 3.52. The van der Waals surface area contributed by atoms with Crippen molar-refractivity contribution in [3.63, 3.8) is 0 Å². The number of carbonyl (C=O) groups excluding carboxylic acids is 1. The van der Waals surface area contributed by atoms with Gasteiger partial charge in [0.05, 0.1) is 11.8 Å². The molecule has 1 aromatic heterocycles. The summed E-state index contributed by atoms with van der Waals surface area (Å²) in [6.07, 6.45) is 5.30. The lowest BCUT2D eigenvalue weighted by atomic mass is 9.88. The number of anilines is 1. The summed E-state index contributed by atoms with van der Waals surface area (Å²) in [5, 5.41) is 20.7. The van der Waals surface area contributed by atoms with E-state index in [1.165, 1.54) is 6.20 Å². The van der Waals surface area contributed by atoms with E-state index in [1.54, 1.807) is 0 Å². The van der Waals surface area contributed by atoms with Gasteiger partial charge in [-0.15, -0.1) is 0 Å². The number of hydrogen-bond acceptors (Lipinski definition) is 4. The average molecular weight is 251 g/mol. The molecule has 0 aromatic carbocycles. The quantitative estimate of drug-likeness (QED) is 0.278. The third kappa shape index (κ3) is 2.15. The lowest BCUT2D eigenvalue weighted by Crippen LogP contribution is -2.31. The molecule has 1 fully saturated rings. The summed E-state index contributed by atoms with van der Waals surface area (Å²) in [6, 6.07) is 0. The highest BCUT2D eigenvalue weighted by atomic mass is 16.4. The maximum Gasteiger partial charge on any atom is 0.231 e. The van der Waals surface area contributed by atoms with E-state index in [4.69, 9.17) is 10.9 Å². The molecule has 7 nitrogen and oxygen atoms in total. The van der Waals surface area contributed by atoms with Crippen LogP contribution in [-0.2, 0) is 4.79 Å². The molecule has 1 saturated carbocycles. The van der Waals surface area contributed by atoms with Crippen LogP contribution in [-0.4, -0.2) is 27.1 Å². The van der Waals surface area contributed by atoms with Crippen molar-refractivity contribution in [3.8, 4) is 0 Å². The minimum atomic E-state index is -0.340. The van der Waals surface area contributed by atoms with Crippen LogP contribution in [0.3, 0.4) is 0 Å². The molecular formula is C11H17N5O2. The number of hydrogen-bond donors (Lipinski definition) is 4. The molecule has 1 heterocycles. The first-order valence-corrected chi connectivity index (χ1v) is 5.89. The predicted molar refractivity (Wildman–Crippen MR) is 66.3 cm³/mol. The van der Waals surface area contributed by atoms with Gasteiger partial charge in [0.1, 0.15) is 5.82 Å². The molecule has 1 aliphatic carbocycles. The van der Waals surface area contributed by atoms with E-state index in [0.717, 1.165) is 25.7 Å². The number of carbonyl (C=O) groups is 1. The first-order valence-electron chi connectivity index (χ1n) is 5.89. The Balaban J connectivity index is 2.15. The molecule has 0 unspecified atom stereocenters. The van der Waals surface area contributed by atoms with E-state index in [9.17, 15) is 4.79 Å². The summed E-state index contributed by atoms with van der Waals surface area (Å²) >= 11 is 0. The summed E-state index contributed by atoms with van der Waals surface area (Å²) in [7, 11) is 0. The third-order valence-corrected chi connectivity index (χ3v) is 3.52. The fourth-order valence-corrected chi connectivity index (χ4v) is 2.28. The molecule has 0 atom stereocenters. The van der Waals surface area contributed by atoms with Crippen molar-refractivity contribution in [2.75, 3.05) is 5.32 Å². The molecule has 0 spiro atoms. The zero-order valence-electron chi connectivity index (χ0n) is 10.2. The van der Waals surface area contributed by atoms with Gasteiger partial charge in [0.2, 0.25) is 5.91 Å². The highest BCUT2D eigenvalue weighted by Gasteiger charge is 2.36. The summed E-state index contributed by atoms with van der Waals surface area (Å²) in [6.45, 7) is 1.95. The van der Waals surface area contributed by atoms with Crippen molar-refractivity contribution in [2.24, 2.45) is 16.3 Å². The van der Waals surface area contributed by atoms with Crippen LogP contribution in [0.2, 0.25) is 0 Å². The van der Waals surface area contributed by atoms with E-state index in [-0.39, 0.29) is 17.2 Å². The van der Waals surface area contributed by atoms with Crippen LogP contribution in [0.4, 0.5) is 5.82 Å². The van der Waals surface area contributed by atoms with Crippen LogP contribution < -0.4 is 11.1 Å². The van der Waals surface area contributed by atoms with Gasteiger partial charge in [-0.1, -0.05) is 24.9 Å². The Hall–Kier alpha value is -2.05. The predicted octanol–water partition coefficient (Wildman–Crippen LogP) is 1.02. The number of amidine groups is 1. The van der Waals surface area contributed by atoms with E-state index >= 15 is 0 Å². The van der Waals surface area contributed by atoms with Gasteiger partial charge in [0, 0.05) is 5.41 Å². The molecular weight excluding hydrogens is 234 g/mol. The number of oxime groups is 1. The second-order valence-corrected chi connectivity index (χ2v) is 4.87. The fourth-order valence-electron chi connectivity index (χ4n) is 2.28. The number of amides is 1. The van der Waals surface area contributed by atoms with Gasteiger partial charge in [0.25, 0.3) is 0 Å². The van der Waals surface area contributed by atoms with Crippen LogP contribution in [0.1, 0.15) is 38.2 Å². The van der Waals surface area contributed by atoms with Gasteiger partial charge in [-0.05, 0) is 12.8 Å². The summed E-state index contributed by atoms with van der Waals surface area (Å²) < 4.78 is 0. The minimum absolute atomic E-state index is 0.0590. The number of H-pyrrole nitrogens is 1. The zero-order chi connectivity index (χ0) is 13.2. The first kappa shape index (κ1) is 12.4. The lowest BCUT2D eigenvalue weighted by Gasteiger charge is -2.21. The Morgan fingerprint density at radius 1 is 1.61 bits per heavy atom. The maximum absolute atomic E-state index is 12.2. The molecule has 7 heteroatoms. The molecule has 2 rings (SSSR count). The smallest absolute Gasteiger partial charge is 0.231 e. The normalized spacial score (nSPS) is 18.8. The second-order valence-electron chi connectivity index (χ2n) is 4.87. The molecule has 98 valence electrons. The Kier molecular flexibility index (Phi) is 3.22. The molecule has 5 N–H and O–H groups in total. The van der Waals surface area contributed by atoms with Crippen LogP contribution in [0.5, 0.6) is 0 Å². The van der Waals surface area contributed by atoms with Crippen molar-refractivity contribution in [2.45, 2.75) is 32.6 Å². The van der Waals surface area contributed by atoms with Crippen LogP contribution in [0.25, 0.3) is 0 Å². The summed E-state index contributed by atoms with van der Waals surface area (Å²) in [5.41, 5.74) is 5.53. The van der Waals surface area contributed by atoms with Gasteiger partial charge in [-0.3, -0.25) is 9.89 Å². The van der Waals surface area contributed by atoms with Gasteiger partial charge in [-0.25, -0.2) is 0 Å². The standard InChI is InChI=1S/C11H17N5O2/c1-11(4-2-3-5-11)10(17)14-9-7(6-13-15-9)8(12)16-18/h6,18H,2-5H2,1H3,(H2,12,16)(H2,13,14,15,17).